The van der Waals surface area contributed by atoms with Crippen LogP contribution in [0.2, 0.25) is 0 Å². The fourth-order valence-electron chi connectivity index (χ4n) is 3.51. The van der Waals surface area contributed by atoms with E-state index >= 15 is 0 Å². The smallest absolute Gasteiger partial charge is 0.0110 e. The summed E-state index contributed by atoms with van der Waals surface area (Å²) in [6.07, 6.45) is 8.47. The molecule has 1 heterocycles. The summed E-state index contributed by atoms with van der Waals surface area (Å²) in [5.74, 6) is 0.955. The lowest BCUT2D eigenvalue weighted by molar-refractivity contribution is 0.258. The van der Waals surface area contributed by atoms with E-state index in [9.17, 15) is 0 Å². The molecule has 0 radical (unpaired) electrons. The molecule has 1 N–H and O–H groups in total. The van der Waals surface area contributed by atoms with Gasteiger partial charge in [-0.1, -0.05) is 19.8 Å². The lowest BCUT2D eigenvalue weighted by Crippen LogP contribution is -2.39. The van der Waals surface area contributed by atoms with Crippen LogP contribution in [0, 0.1) is 5.92 Å². The molecular weight excluding hydrogens is 196 g/mol. The third-order valence-corrected chi connectivity index (χ3v) is 4.68. The lowest BCUT2D eigenvalue weighted by atomic mass is 10.0. The van der Waals surface area contributed by atoms with E-state index in [4.69, 9.17) is 0 Å². The number of hydrogen-bond donors (Lipinski definition) is 1. The fraction of sp³-hybridized carbons (Fsp3) is 1.00. The molecule has 0 bridgehead atoms. The van der Waals surface area contributed by atoms with Gasteiger partial charge in [0.1, 0.15) is 0 Å². The first-order valence-corrected chi connectivity index (χ1v) is 7.28. The first kappa shape index (κ1) is 12.4. The summed E-state index contributed by atoms with van der Waals surface area (Å²) in [7, 11) is 0. The summed E-state index contributed by atoms with van der Waals surface area (Å²) in [5.41, 5.74) is 0. The highest BCUT2D eigenvalue weighted by Crippen LogP contribution is 2.27. The minimum absolute atomic E-state index is 0.822. The van der Waals surface area contributed by atoms with Crippen molar-refractivity contribution in [3.8, 4) is 0 Å². The SMILES string of the molecule is CCC1CCCC1NCCN1CCCC1C. The van der Waals surface area contributed by atoms with Crippen LogP contribution >= 0.6 is 0 Å². The molecule has 0 amide bonds. The van der Waals surface area contributed by atoms with Crippen molar-refractivity contribution in [1.29, 1.82) is 0 Å². The number of likely N-dealkylation sites (tertiary alicyclic amines) is 1. The van der Waals surface area contributed by atoms with Crippen molar-refractivity contribution in [2.45, 2.75) is 64.5 Å². The summed E-state index contributed by atoms with van der Waals surface area (Å²) >= 11 is 0. The van der Waals surface area contributed by atoms with Crippen molar-refractivity contribution in [3.63, 3.8) is 0 Å². The number of hydrogen-bond acceptors (Lipinski definition) is 2. The second kappa shape index (κ2) is 6.02. The highest BCUT2D eigenvalue weighted by atomic mass is 15.2. The predicted molar refractivity (Wildman–Crippen MR) is 69.7 cm³/mol. The van der Waals surface area contributed by atoms with E-state index < -0.39 is 0 Å². The normalized spacial score (nSPS) is 36.0. The standard InChI is InChI=1S/C14H28N2/c1-3-13-7-4-8-14(13)15-9-11-16-10-5-6-12(16)2/h12-15H,3-11H2,1-2H3. The maximum Gasteiger partial charge on any atom is 0.0110 e. The Balaban J connectivity index is 1.63. The van der Waals surface area contributed by atoms with Crippen LogP contribution in [-0.4, -0.2) is 36.6 Å². The minimum Gasteiger partial charge on any atom is -0.312 e. The molecule has 2 nitrogen and oxygen atoms in total. The van der Waals surface area contributed by atoms with Gasteiger partial charge in [0.2, 0.25) is 0 Å². The summed E-state index contributed by atoms with van der Waals surface area (Å²) in [4.78, 5) is 2.64. The van der Waals surface area contributed by atoms with Crippen LogP contribution in [0.5, 0.6) is 0 Å². The zero-order chi connectivity index (χ0) is 11.4. The Kier molecular flexibility index (Phi) is 4.66. The van der Waals surface area contributed by atoms with E-state index in [-0.39, 0.29) is 0 Å². The Morgan fingerprint density at radius 1 is 1.19 bits per heavy atom. The maximum atomic E-state index is 3.79. The molecule has 1 saturated carbocycles. The molecule has 0 spiro atoms. The molecule has 0 aromatic carbocycles. The van der Waals surface area contributed by atoms with Gasteiger partial charge < -0.3 is 5.32 Å². The molecule has 2 rings (SSSR count). The number of nitrogens with one attached hydrogen (secondary N) is 1. The highest BCUT2D eigenvalue weighted by Gasteiger charge is 2.25. The Morgan fingerprint density at radius 3 is 2.75 bits per heavy atom. The minimum atomic E-state index is 0.822. The third-order valence-electron chi connectivity index (χ3n) is 4.68. The van der Waals surface area contributed by atoms with Crippen LogP contribution in [-0.2, 0) is 0 Å². The zero-order valence-corrected chi connectivity index (χ0v) is 11.0. The van der Waals surface area contributed by atoms with Crippen molar-refractivity contribution in [2.24, 2.45) is 5.92 Å². The van der Waals surface area contributed by atoms with Crippen molar-refractivity contribution < 1.29 is 0 Å². The molecule has 0 aromatic rings. The van der Waals surface area contributed by atoms with Crippen LogP contribution in [0.3, 0.4) is 0 Å². The Labute approximate surface area is 101 Å². The lowest BCUT2D eigenvalue weighted by Gasteiger charge is -2.24. The van der Waals surface area contributed by atoms with Gasteiger partial charge in [-0.2, -0.15) is 0 Å². The van der Waals surface area contributed by atoms with E-state index in [0.29, 0.717) is 0 Å². The molecule has 2 aliphatic rings. The number of rotatable bonds is 5. The average molecular weight is 224 g/mol. The molecule has 3 unspecified atom stereocenters. The van der Waals surface area contributed by atoms with Crippen LogP contribution < -0.4 is 5.32 Å². The third kappa shape index (κ3) is 2.98. The molecular formula is C14H28N2. The van der Waals surface area contributed by atoms with Gasteiger partial charge in [0, 0.05) is 25.2 Å². The molecule has 1 saturated heterocycles. The second-order valence-corrected chi connectivity index (χ2v) is 5.69. The molecule has 1 aliphatic heterocycles. The van der Waals surface area contributed by atoms with Crippen molar-refractivity contribution >= 4 is 0 Å². The quantitative estimate of drug-likeness (QED) is 0.772. The largest absolute Gasteiger partial charge is 0.312 e. The fourth-order valence-corrected chi connectivity index (χ4v) is 3.51. The van der Waals surface area contributed by atoms with Crippen molar-refractivity contribution in [1.82, 2.24) is 10.2 Å². The molecule has 3 atom stereocenters. The van der Waals surface area contributed by atoms with Gasteiger partial charge in [0.15, 0.2) is 0 Å². The van der Waals surface area contributed by atoms with Gasteiger partial charge in [0.25, 0.3) is 0 Å². The maximum absolute atomic E-state index is 3.79. The van der Waals surface area contributed by atoms with Crippen LogP contribution in [0.15, 0.2) is 0 Å². The topological polar surface area (TPSA) is 15.3 Å². The summed E-state index contributed by atoms with van der Waals surface area (Å²) in [5, 5.41) is 3.79. The van der Waals surface area contributed by atoms with Gasteiger partial charge in [-0.25, -0.2) is 0 Å². The van der Waals surface area contributed by atoms with E-state index in [1.807, 2.05) is 0 Å². The van der Waals surface area contributed by atoms with E-state index in [1.165, 1.54) is 58.2 Å². The van der Waals surface area contributed by atoms with Crippen molar-refractivity contribution in [3.05, 3.63) is 0 Å². The van der Waals surface area contributed by atoms with Gasteiger partial charge in [0.05, 0.1) is 0 Å². The Bertz CT molecular complexity index is 205. The van der Waals surface area contributed by atoms with E-state index in [1.54, 1.807) is 0 Å². The highest BCUT2D eigenvalue weighted by molar-refractivity contribution is 4.83. The van der Waals surface area contributed by atoms with Crippen LogP contribution in [0.1, 0.15) is 52.4 Å². The Hall–Kier alpha value is -0.0800. The first-order valence-electron chi connectivity index (χ1n) is 7.28. The van der Waals surface area contributed by atoms with Gasteiger partial charge in [-0.05, 0) is 45.1 Å². The monoisotopic (exact) mass is 224 g/mol. The summed E-state index contributed by atoms with van der Waals surface area (Å²) < 4.78 is 0. The van der Waals surface area contributed by atoms with Gasteiger partial charge in [-0.15, -0.1) is 0 Å². The van der Waals surface area contributed by atoms with E-state index in [2.05, 4.69) is 24.1 Å². The van der Waals surface area contributed by atoms with Crippen LogP contribution in [0.25, 0.3) is 0 Å². The Morgan fingerprint density at radius 2 is 2.06 bits per heavy atom. The average Bonchev–Trinajstić information content (AvgIpc) is 2.88. The number of nitrogens with zero attached hydrogens (tertiary/aromatic N) is 1. The van der Waals surface area contributed by atoms with Crippen molar-refractivity contribution in [2.75, 3.05) is 19.6 Å². The van der Waals surface area contributed by atoms with Crippen LogP contribution in [0.4, 0.5) is 0 Å². The molecule has 2 fully saturated rings. The zero-order valence-electron chi connectivity index (χ0n) is 11.0. The first-order chi connectivity index (χ1) is 7.81. The molecule has 16 heavy (non-hydrogen) atoms. The predicted octanol–water partition coefficient (Wildman–Crippen LogP) is 2.64. The van der Waals surface area contributed by atoms with Gasteiger partial charge >= 0.3 is 0 Å². The van der Waals surface area contributed by atoms with Gasteiger partial charge in [-0.3, -0.25) is 4.90 Å². The molecule has 0 aromatic heterocycles. The second-order valence-electron chi connectivity index (χ2n) is 5.69. The van der Waals surface area contributed by atoms with E-state index in [0.717, 1.165) is 18.0 Å². The molecule has 94 valence electrons. The molecule has 1 aliphatic carbocycles. The summed E-state index contributed by atoms with van der Waals surface area (Å²) in [6.45, 7) is 8.49. The molecule has 2 heteroatoms. The summed E-state index contributed by atoms with van der Waals surface area (Å²) in [6, 6.07) is 1.65.